The van der Waals surface area contributed by atoms with Gasteiger partial charge in [-0.3, -0.25) is 4.79 Å². The van der Waals surface area contributed by atoms with E-state index in [4.69, 9.17) is 0 Å². The molecule has 0 spiro atoms. The fourth-order valence-corrected chi connectivity index (χ4v) is 3.32. The zero-order valence-corrected chi connectivity index (χ0v) is 15.0. The van der Waals surface area contributed by atoms with Crippen molar-refractivity contribution in [1.82, 2.24) is 4.98 Å². The molecule has 0 fully saturated rings. The molecule has 4 nitrogen and oxygen atoms in total. The third-order valence-electron chi connectivity index (χ3n) is 3.45. The Kier molecular flexibility index (Phi) is 5.51. The SMILES string of the molecule is O=C(Nc1cccc(OC(F)(F)F)c1)c1sc(-c2ccccc2)nc1C(F)(F)F. The van der Waals surface area contributed by atoms with E-state index in [0.717, 1.165) is 18.2 Å². The molecule has 0 aliphatic carbocycles. The van der Waals surface area contributed by atoms with Gasteiger partial charge in [-0.2, -0.15) is 13.2 Å². The quantitative estimate of drug-likeness (QED) is 0.516. The lowest BCUT2D eigenvalue weighted by Crippen LogP contribution is -2.18. The monoisotopic (exact) mass is 432 g/mol. The molecular formula is C18H10F6N2O2S. The molecule has 0 saturated carbocycles. The van der Waals surface area contributed by atoms with Crippen molar-refractivity contribution < 1.29 is 35.9 Å². The first-order valence-corrected chi connectivity index (χ1v) is 8.65. The van der Waals surface area contributed by atoms with Gasteiger partial charge in [0.1, 0.15) is 15.6 Å². The third-order valence-corrected chi connectivity index (χ3v) is 4.55. The molecule has 1 heterocycles. The standard InChI is InChI=1S/C18H10F6N2O2S/c19-17(20,21)14-13(29-16(26-14)10-5-2-1-3-6-10)15(27)25-11-7-4-8-12(9-11)28-18(22,23)24/h1-9H,(H,25,27). The van der Waals surface area contributed by atoms with E-state index in [2.05, 4.69) is 15.0 Å². The summed E-state index contributed by atoms with van der Waals surface area (Å²) in [6.45, 7) is 0. The van der Waals surface area contributed by atoms with Crippen molar-refractivity contribution in [3.63, 3.8) is 0 Å². The lowest BCUT2D eigenvalue weighted by atomic mass is 10.2. The normalized spacial score (nSPS) is 11.9. The number of nitrogens with zero attached hydrogens (tertiary/aromatic N) is 1. The Morgan fingerprint density at radius 2 is 1.66 bits per heavy atom. The van der Waals surface area contributed by atoms with E-state index in [1.165, 1.54) is 6.07 Å². The number of benzene rings is 2. The highest BCUT2D eigenvalue weighted by Crippen LogP contribution is 2.38. The van der Waals surface area contributed by atoms with E-state index in [1.54, 1.807) is 30.3 Å². The predicted octanol–water partition coefficient (Wildman–Crippen LogP) is 5.98. The Hall–Kier alpha value is -3.08. The minimum absolute atomic E-state index is 0.0165. The van der Waals surface area contributed by atoms with Gasteiger partial charge in [-0.05, 0) is 12.1 Å². The zero-order valence-electron chi connectivity index (χ0n) is 14.1. The molecule has 1 amide bonds. The maximum Gasteiger partial charge on any atom is 0.573 e. The van der Waals surface area contributed by atoms with Gasteiger partial charge < -0.3 is 10.1 Å². The van der Waals surface area contributed by atoms with Crippen LogP contribution in [0.1, 0.15) is 15.4 Å². The summed E-state index contributed by atoms with van der Waals surface area (Å²) < 4.78 is 80.7. The number of anilines is 1. The second-order valence-corrected chi connectivity index (χ2v) is 6.59. The van der Waals surface area contributed by atoms with E-state index in [9.17, 15) is 31.1 Å². The molecule has 11 heteroatoms. The number of aromatic nitrogens is 1. The van der Waals surface area contributed by atoms with Gasteiger partial charge in [-0.15, -0.1) is 24.5 Å². The highest BCUT2D eigenvalue weighted by Gasteiger charge is 2.40. The van der Waals surface area contributed by atoms with Gasteiger partial charge in [0.2, 0.25) is 0 Å². The van der Waals surface area contributed by atoms with Gasteiger partial charge in [-0.1, -0.05) is 36.4 Å². The van der Waals surface area contributed by atoms with E-state index in [-0.39, 0.29) is 10.7 Å². The van der Waals surface area contributed by atoms with Gasteiger partial charge in [-0.25, -0.2) is 4.98 Å². The second kappa shape index (κ2) is 7.74. The Labute approximate surface area is 163 Å². The summed E-state index contributed by atoms with van der Waals surface area (Å²) in [5.74, 6) is -1.78. The number of nitrogens with one attached hydrogen (secondary N) is 1. The number of ether oxygens (including phenoxy) is 1. The summed E-state index contributed by atoms with van der Waals surface area (Å²) in [5.41, 5.74) is -1.15. The van der Waals surface area contributed by atoms with Crippen LogP contribution in [0.3, 0.4) is 0 Å². The molecule has 3 aromatic rings. The van der Waals surface area contributed by atoms with Crippen molar-refractivity contribution >= 4 is 22.9 Å². The van der Waals surface area contributed by atoms with Crippen molar-refractivity contribution in [2.75, 3.05) is 5.32 Å². The van der Waals surface area contributed by atoms with Crippen molar-refractivity contribution in [3.05, 3.63) is 65.2 Å². The highest BCUT2D eigenvalue weighted by atomic mass is 32.1. The summed E-state index contributed by atoms with van der Waals surface area (Å²) in [6, 6.07) is 12.2. The molecule has 0 aliphatic rings. The second-order valence-electron chi connectivity index (χ2n) is 5.59. The zero-order chi connectivity index (χ0) is 21.2. The fourth-order valence-electron chi connectivity index (χ4n) is 2.33. The van der Waals surface area contributed by atoms with Crippen LogP contribution in [-0.4, -0.2) is 17.3 Å². The number of hydrogen-bond donors (Lipinski definition) is 1. The number of carbonyl (C=O) groups is 1. The Balaban J connectivity index is 1.91. The molecule has 29 heavy (non-hydrogen) atoms. The minimum Gasteiger partial charge on any atom is -0.406 e. The molecule has 0 saturated heterocycles. The van der Waals surface area contributed by atoms with E-state index >= 15 is 0 Å². The van der Waals surface area contributed by atoms with Gasteiger partial charge in [0.05, 0.1) is 0 Å². The minimum atomic E-state index is -4.95. The van der Waals surface area contributed by atoms with Crippen molar-refractivity contribution in [2.45, 2.75) is 12.5 Å². The van der Waals surface area contributed by atoms with Gasteiger partial charge in [0.15, 0.2) is 5.69 Å². The Morgan fingerprint density at radius 1 is 0.966 bits per heavy atom. The van der Waals surface area contributed by atoms with Gasteiger partial charge >= 0.3 is 12.5 Å². The van der Waals surface area contributed by atoms with Crippen LogP contribution < -0.4 is 10.1 Å². The first-order valence-electron chi connectivity index (χ1n) is 7.83. The highest BCUT2D eigenvalue weighted by molar-refractivity contribution is 7.17. The topological polar surface area (TPSA) is 51.2 Å². The average molecular weight is 432 g/mol. The molecule has 1 N–H and O–H groups in total. The van der Waals surface area contributed by atoms with E-state index in [1.807, 2.05) is 0 Å². The van der Waals surface area contributed by atoms with Gasteiger partial charge in [0, 0.05) is 17.3 Å². The number of alkyl halides is 6. The summed E-state index contributed by atoms with van der Waals surface area (Å²) in [7, 11) is 0. The number of thiazole rings is 1. The Bertz CT molecular complexity index is 1020. The summed E-state index contributed by atoms with van der Waals surface area (Å²) in [6.07, 6.45) is -9.84. The molecule has 0 atom stereocenters. The molecule has 1 aromatic heterocycles. The lowest BCUT2D eigenvalue weighted by molar-refractivity contribution is -0.274. The maximum absolute atomic E-state index is 13.3. The van der Waals surface area contributed by atoms with Crippen LogP contribution in [0.25, 0.3) is 10.6 Å². The van der Waals surface area contributed by atoms with E-state index in [0.29, 0.717) is 16.9 Å². The molecule has 152 valence electrons. The van der Waals surface area contributed by atoms with Crippen LogP contribution in [0.15, 0.2) is 54.6 Å². The van der Waals surface area contributed by atoms with Crippen molar-refractivity contribution in [1.29, 1.82) is 0 Å². The summed E-state index contributed by atoms with van der Waals surface area (Å²) in [5, 5.41) is 2.13. The molecule has 0 radical (unpaired) electrons. The third kappa shape index (κ3) is 5.25. The molecule has 3 rings (SSSR count). The van der Waals surface area contributed by atoms with Crippen LogP contribution >= 0.6 is 11.3 Å². The molecule has 0 aliphatic heterocycles. The van der Waals surface area contributed by atoms with E-state index < -0.39 is 34.8 Å². The number of hydrogen-bond acceptors (Lipinski definition) is 4. The number of amides is 1. The van der Waals surface area contributed by atoms with Crippen LogP contribution in [0.2, 0.25) is 0 Å². The predicted molar refractivity (Wildman–Crippen MR) is 93.6 cm³/mol. The smallest absolute Gasteiger partial charge is 0.406 e. The summed E-state index contributed by atoms with van der Waals surface area (Å²) in [4.78, 5) is 15.2. The van der Waals surface area contributed by atoms with Crippen molar-refractivity contribution in [2.24, 2.45) is 0 Å². The largest absolute Gasteiger partial charge is 0.573 e. The molecule has 0 bridgehead atoms. The Morgan fingerprint density at radius 3 is 2.28 bits per heavy atom. The number of rotatable bonds is 4. The summed E-state index contributed by atoms with van der Waals surface area (Å²) >= 11 is 0.527. The number of halogens is 6. The first-order chi connectivity index (χ1) is 13.5. The van der Waals surface area contributed by atoms with Crippen LogP contribution in [0, 0.1) is 0 Å². The van der Waals surface area contributed by atoms with Crippen LogP contribution in [0.4, 0.5) is 32.0 Å². The van der Waals surface area contributed by atoms with Crippen LogP contribution in [-0.2, 0) is 6.18 Å². The molecule has 0 unspecified atom stereocenters. The fraction of sp³-hybridized carbons (Fsp3) is 0.111. The van der Waals surface area contributed by atoms with Crippen molar-refractivity contribution in [3.8, 4) is 16.3 Å². The molecular weight excluding hydrogens is 422 g/mol. The first kappa shape index (κ1) is 20.6. The average Bonchev–Trinajstić information content (AvgIpc) is 3.07. The maximum atomic E-state index is 13.3. The molecule has 2 aromatic carbocycles. The number of carbonyl (C=O) groups excluding carboxylic acids is 1. The van der Waals surface area contributed by atoms with Crippen LogP contribution in [0.5, 0.6) is 5.75 Å². The van der Waals surface area contributed by atoms with Gasteiger partial charge in [0.25, 0.3) is 5.91 Å². The lowest BCUT2D eigenvalue weighted by Gasteiger charge is -2.11.